The zero-order valence-corrected chi connectivity index (χ0v) is 22.5. The summed E-state index contributed by atoms with van der Waals surface area (Å²) in [7, 11) is 2.98. The van der Waals surface area contributed by atoms with Crippen molar-refractivity contribution in [3.63, 3.8) is 0 Å². The molecule has 6 nitrogen and oxygen atoms in total. The van der Waals surface area contributed by atoms with Crippen molar-refractivity contribution in [1.82, 2.24) is 0 Å². The van der Waals surface area contributed by atoms with Crippen LogP contribution < -0.4 is 14.4 Å². The fraction of sp³-hybridized carbons (Fsp3) is 0.267. The van der Waals surface area contributed by atoms with Crippen LogP contribution in [0.25, 0.3) is 5.76 Å². The third-order valence-electron chi connectivity index (χ3n) is 6.63. The van der Waals surface area contributed by atoms with E-state index in [4.69, 9.17) is 21.1 Å². The van der Waals surface area contributed by atoms with Gasteiger partial charge in [0.2, 0.25) is 0 Å². The van der Waals surface area contributed by atoms with Crippen LogP contribution in [-0.4, -0.2) is 31.0 Å². The molecular weight excluding hydrogens is 490 g/mol. The summed E-state index contributed by atoms with van der Waals surface area (Å²) in [6.45, 7) is 8.19. The number of carbonyl (C=O) groups is 2. The first-order chi connectivity index (χ1) is 17.5. The number of anilines is 1. The van der Waals surface area contributed by atoms with Gasteiger partial charge in [-0.25, -0.2) is 0 Å². The molecule has 3 aromatic carbocycles. The van der Waals surface area contributed by atoms with Crippen LogP contribution in [0.3, 0.4) is 0 Å². The monoisotopic (exact) mass is 519 g/mol. The molecule has 1 aliphatic heterocycles. The fourth-order valence-electron chi connectivity index (χ4n) is 4.45. The van der Waals surface area contributed by atoms with Gasteiger partial charge in [0.25, 0.3) is 11.7 Å². The molecule has 3 aromatic rings. The molecule has 0 bridgehead atoms. The largest absolute Gasteiger partial charge is 0.507 e. The Morgan fingerprint density at radius 3 is 2.19 bits per heavy atom. The quantitative estimate of drug-likeness (QED) is 0.234. The van der Waals surface area contributed by atoms with Crippen LogP contribution in [0.15, 0.2) is 66.2 Å². The average Bonchev–Trinajstić information content (AvgIpc) is 3.14. The van der Waals surface area contributed by atoms with Crippen molar-refractivity contribution in [3.05, 3.63) is 93.5 Å². The summed E-state index contributed by atoms with van der Waals surface area (Å²) < 4.78 is 10.7. The van der Waals surface area contributed by atoms with E-state index in [1.807, 2.05) is 31.2 Å². The van der Waals surface area contributed by atoms with Crippen LogP contribution in [0.5, 0.6) is 11.5 Å². The number of methoxy groups -OCH3 is 2. The number of halogens is 1. The van der Waals surface area contributed by atoms with Crippen LogP contribution >= 0.6 is 11.6 Å². The summed E-state index contributed by atoms with van der Waals surface area (Å²) in [6, 6.07) is 16.9. The molecule has 1 aliphatic rings. The molecule has 4 rings (SSSR count). The molecule has 7 heteroatoms. The molecule has 1 amide bonds. The lowest BCUT2D eigenvalue weighted by atomic mass is 9.85. The van der Waals surface area contributed by atoms with Crippen molar-refractivity contribution in [2.24, 2.45) is 0 Å². The van der Waals surface area contributed by atoms with Gasteiger partial charge in [-0.15, -0.1) is 0 Å². The minimum atomic E-state index is -0.875. The molecule has 0 spiro atoms. The Kier molecular flexibility index (Phi) is 7.07. The summed E-state index contributed by atoms with van der Waals surface area (Å²) in [6.07, 6.45) is 0. The predicted octanol–water partition coefficient (Wildman–Crippen LogP) is 6.59. The highest BCUT2D eigenvalue weighted by Gasteiger charge is 2.47. The maximum absolute atomic E-state index is 13.5. The first-order valence-corrected chi connectivity index (χ1v) is 12.3. The van der Waals surface area contributed by atoms with Crippen LogP contribution in [0.1, 0.15) is 49.1 Å². The number of aliphatic hydroxyl groups is 1. The first-order valence-electron chi connectivity index (χ1n) is 11.9. The summed E-state index contributed by atoms with van der Waals surface area (Å²) in [5.41, 5.74) is 3.25. The highest BCUT2D eigenvalue weighted by atomic mass is 35.5. The molecule has 192 valence electrons. The lowest BCUT2D eigenvalue weighted by molar-refractivity contribution is -0.132. The maximum atomic E-state index is 13.5. The number of benzene rings is 3. The Balaban J connectivity index is 1.96. The zero-order chi connectivity index (χ0) is 27.1. The third-order valence-corrected chi connectivity index (χ3v) is 7.04. The minimum Gasteiger partial charge on any atom is -0.507 e. The van der Waals surface area contributed by atoms with Crippen molar-refractivity contribution in [2.75, 3.05) is 19.1 Å². The summed E-state index contributed by atoms with van der Waals surface area (Å²) in [5.74, 6) is -1.04. The van der Waals surface area contributed by atoms with Crippen molar-refractivity contribution < 1.29 is 24.2 Å². The summed E-state index contributed by atoms with van der Waals surface area (Å²) in [5, 5.41) is 12.0. The number of rotatable bonds is 5. The van der Waals surface area contributed by atoms with Gasteiger partial charge in [-0.2, -0.15) is 0 Å². The Hall–Kier alpha value is -3.77. The molecular formula is C30H30ClNO5. The van der Waals surface area contributed by atoms with E-state index >= 15 is 0 Å². The SMILES string of the molecule is COc1ccc(/C(O)=C2/C(=O)C(=O)N(c3ccc(C)c(Cl)c3)C2c2ccc(C(C)(C)C)cc2)c(OC)c1. The lowest BCUT2D eigenvalue weighted by Crippen LogP contribution is -2.29. The number of amides is 1. The Bertz CT molecular complexity index is 1400. The maximum Gasteiger partial charge on any atom is 0.300 e. The van der Waals surface area contributed by atoms with Crippen molar-refractivity contribution in [1.29, 1.82) is 0 Å². The number of aryl methyl sites for hydroxylation is 1. The van der Waals surface area contributed by atoms with Gasteiger partial charge in [0.1, 0.15) is 17.3 Å². The molecule has 0 radical (unpaired) electrons. The van der Waals surface area contributed by atoms with Gasteiger partial charge in [0.15, 0.2) is 0 Å². The number of hydrogen-bond donors (Lipinski definition) is 1. The normalized spacial score (nSPS) is 17.3. The third kappa shape index (κ3) is 4.81. The van der Waals surface area contributed by atoms with E-state index < -0.39 is 17.7 Å². The summed E-state index contributed by atoms with van der Waals surface area (Å²) in [4.78, 5) is 28.3. The molecule has 37 heavy (non-hydrogen) atoms. The Morgan fingerprint density at radius 1 is 0.946 bits per heavy atom. The minimum absolute atomic E-state index is 0.0336. The number of ether oxygens (including phenoxy) is 2. The van der Waals surface area contributed by atoms with Gasteiger partial charge in [0.05, 0.1) is 31.4 Å². The van der Waals surface area contributed by atoms with Gasteiger partial charge in [-0.3, -0.25) is 14.5 Å². The number of hydrogen-bond acceptors (Lipinski definition) is 5. The Morgan fingerprint density at radius 2 is 1.62 bits per heavy atom. The van der Waals surface area contributed by atoms with Gasteiger partial charge in [-0.05, 0) is 53.3 Å². The predicted molar refractivity (Wildman–Crippen MR) is 146 cm³/mol. The van der Waals surface area contributed by atoms with Gasteiger partial charge in [-0.1, -0.05) is 62.7 Å². The molecule has 1 atom stereocenters. The smallest absolute Gasteiger partial charge is 0.300 e. The second-order valence-electron chi connectivity index (χ2n) is 10.0. The molecule has 1 saturated heterocycles. The van der Waals surface area contributed by atoms with E-state index in [2.05, 4.69) is 20.8 Å². The van der Waals surface area contributed by atoms with E-state index in [1.54, 1.807) is 36.4 Å². The standard InChI is InChI=1S/C30H30ClNO5/c1-17-7-12-20(15-23(17)31)32-26(18-8-10-19(11-9-18)30(2,3)4)25(28(34)29(32)35)27(33)22-14-13-21(36-5)16-24(22)37-6/h7-16,26,33H,1-6H3/b27-25-. The molecule has 1 N–H and O–H groups in total. The fourth-order valence-corrected chi connectivity index (χ4v) is 4.63. The topological polar surface area (TPSA) is 76.1 Å². The van der Waals surface area contributed by atoms with Crippen LogP contribution in [0, 0.1) is 6.92 Å². The van der Waals surface area contributed by atoms with Crippen LogP contribution in [0.4, 0.5) is 5.69 Å². The average molecular weight is 520 g/mol. The highest BCUT2D eigenvalue weighted by Crippen LogP contribution is 2.44. The van der Waals surface area contributed by atoms with Crippen molar-refractivity contribution in [3.8, 4) is 11.5 Å². The van der Waals surface area contributed by atoms with Crippen LogP contribution in [0.2, 0.25) is 5.02 Å². The van der Waals surface area contributed by atoms with Gasteiger partial charge < -0.3 is 14.6 Å². The van der Waals surface area contributed by atoms with E-state index in [0.717, 1.165) is 11.1 Å². The molecule has 0 aliphatic carbocycles. The van der Waals surface area contributed by atoms with E-state index in [-0.39, 0.29) is 22.3 Å². The van der Waals surface area contributed by atoms with Gasteiger partial charge >= 0.3 is 0 Å². The lowest BCUT2D eigenvalue weighted by Gasteiger charge is -2.27. The molecule has 1 heterocycles. The number of carbonyl (C=O) groups excluding carboxylic acids is 2. The molecule has 1 fully saturated rings. The molecule has 1 unspecified atom stereocenters. The summed E-state index contributed by atoms with van der Waals surface area (Å²) >= 11 is 6.39. The number of ketones is 1. The first kappa shape index (κ1) is 26.3. The van der Waals surface area contributed by atoms with Crippen molar-refractivity contribution >= 4 is 34.7 Å². The number of aliphatic hydroxyl groups excluding tert-OH is 1. The zero-order valence-electron chi connectivity index (χ0n) is 21.8. The van der Waals surface area contributed by atoms with Gasteiger partial charge in [0, 0.05) is 16.8 Å². The highest BCUT2D eigenvalue weighted by molar-refractivity contribution is 6.52. The molecule has 0 aromatic heterocycles. The van der Waals surface area contributed by atoms with E-state index in [0.29, 0.717) is 27.8 Å². The Labute approximate surface area is 222 Å². The molecule has 0 saturated carbocycles. The second kappa shape index (κ2) is 9.94. The van der Waals surface area contributed by atoms with E-state index in [9.17, 15) is 14.7 Å². The van der Waals surface area contributed by atoms with Crippen molar-refractivity contribution in [2.45, 2.75) is 39.2 Å². The number of Topliss-reactive ketones (excluding diaryl/α,β-unsaturated/α-hetero) is 1. The van der Waals surface area contributed by atoms with E-state index in [1.165, 1.54) is 19.1 Å². The second-order valence-corrected chi connectivity index (χ2v) is 10.4. The van der Waals surface area contributed by atoms with Crippen LogP contribution in [-0.2, 0) is 15.0 Å². The number of nitrogens with zero attached hydrogens (tertiary/aromatic N) is 1.